The Morgan fingerprint density at radius 2 is 0.826 bits per heavy atom. The molecule has 0 heterocycles. The van der Waals surface area contributed by atoms with Gasteiger partial charge in [0.2, 0.25) is 0 Å². The van der Waals surface area contributed by atoms with Gasteiger partial charge in [0, 0.05) is 11.1 Å². The first-order valence-electron chi connectivity index (χ1n) is 15.7. The normalized spacial score (nSPS) is 11.9. The van der Waals surface area contributed by atoms with Crippen LogP contribution in [0.25, 0.3) is 32.7 Å². The van der Waals surface area contributed by atoms with E-state index in [-0.39, 0.29) is 18.1 Å². The van der Waals surface area contributed by atoms with E-state index in [4.69, 9.17) is 18.1 Å². The summed E-state index contributed by atoms with van der Waals surface area (Å²) in [5.41, 5.74) is 6.37. The SMILES string of the molecule is Cc1cc2ccccc2c(-c2c(OPOc3ccccc3C(C)C)c(C)cc3ccccc23)c1OPOc1ccccc1C(C)C. The van der Waals surface area contributed by atoms with Crippen molar-refractivity contribution < 1.29 is 18.1 Å². The molecule has 0 saturated heterocycles. The third-order valence-corrected chi connectivity index (χ3v) is 9.48. The number of para-hydroxylation sites is 2. The summed E-state index contributed by atoms with van der Waals surface area (Å²) < 4.78 is 25.9. The van der Waals surface area contributed by atoms with Crippen LogP contribution in [0.4, 0.5) is 0 Å². The smallest absolute Gasteiger partial charge is 0.275 e. The first-order chi connectivity index (χ1) is 22.3. The highest BCUT2D eigenvalue weighted by atomic mass is 31.1. The maximum Gasteiger partial charge on any atom is 0.275 e. The summed E-state index contributed by atoms with van der Waals surface area (Å²) in [7, 11) is -0.460. The van der Waals surface area contributed by atoms with Gasteiger partial charge in [0.15, 0.2) is 0 Å². The average Bonchev–Trinajstić information content (AvgIpc) is 3.05. The van der Waals surface area contributed by atoms with Crippen molar-refractivity contribution in [3.63, 3.8) is 0 Å². The van der Waals surface area contributed by atoms with Crippen LogP contribution in [-0.4, -0.2) is 0 Å². The van der Waals surface area contributed by atoms with Gasteiger partial charge in [-0.1, -0.05) is 113 Å². The molecular formula is C40H40O4P2. The van der Waals surface area contributed by atoms with E-state index in [0.29, 0.717) is 11.8 Å². The molecule has 6 rings (SSSR count). The number of rotatable bonds is 11. The Kier molecular flexibility index (Phi) is 9.78. The number of benzene rings is 6. The van der Waals surface area contributed by atoms with E-state index in [2.05, 4.69) is 114 Å². The van der Waals surface area contributed by atoms with Gasteiger partial charge < -0.3 is 18.1 Å². The van der Waals surface area contributed by atoms with E-state index in [1.54, 1.807) is 0 Å². The molecule has 0 aliphatic heterocycles. The molecule has 234 valence electrons. The summed E-state index contributed by atoms with van der Waals surface area (Å²) in [4.78, 5) is 0. The molecule has 0 bridgehead atoms. The van der Waals surface area contributed by atoms with E-state index in [1.165, 1.54) is 0 Å². The van der Waals surface area contributed by atoms with Gasteiger partial charge in [0.05, 0.1) is 0 Å². The van der Waals surface area contributed by atoms with Crippen LogP contribution in [0.15, 0.2) is 109 Å². The highest BCUT2D eigenvalue weighted by Crippen LogP contribution is 2.50. The second kappa shape index (κ2) is 14.1. The van der Waals surface area contributed by atoms with Gasteiger partial charge in [-0.3, -0.25) is 0 Å². The number of fused-ring (bicyclic) bond motifs is 2. The lowest BCUT2D eigenvalue weighted by Crippen LogP contribution is -1.99. The van der Waals surface area contributed by atoms with Crippen LogP contribution in [0.1, 0.15) is 61.8 Å². The molecule has 0 aliphatic rings. The molecule has 0 radical (unpaired) electrons. The van der Waals surface area contributed by atoms with E-state index in [9.17, 15) is 0 Å². The summed E-state index contributed by atoms with van der Waals surface area (Å²) in [6.07, 6.45) is 0. The standard InChI is InChI=1S/C40H40O4P2/c1-25(2)31-17-11-13-21-35(31)41-45-43-39-27(5)23-29-15-7-9-19-33(29)37(39)38-34-20-10-8-16-30(34)24-28(6)40(38)44-46-42-36-22-14-12-18-32(36)26(3)4/h7-26,45-46H,1-6H3. The van der Waals surface area contributed by atoms with Crippen LogP contribution in [0.3, 0.4) is 0 Å². The van der Waals surface area contributed by atoms with Crippen molar-refractivity contribution >= 4 is 39.6 Å². The fourth-order valence-corrected chi connectivity index (χ4v) is 7.34. The molecule has 6 aromatic rings. The van der Waals surface area contributed by atoms with Crippen molar-refractivity contribution in [2.45, 2.75) is 53.4 Å². The molecule has 0 amide bonds. The first kappa shape index (κ1) is 31.9. The van der Waals surface area contributed by atoms with Crippen molar-refractivity contribution in [1.29, 1.82) is 0 Å². The van der Waals surface area contributed by atoms with Crippen molar-refractivity contribution in [2.24, 2.45) is 0 Å². The third-order valence-electron chi connectivity index (χ3n) is 8.30. The lowest BCUT2D eigenvalue weighted by Gasteiger charge is -2.22. The zero-order valence-corrected chi connectivity index (χ0v) is 29.2. The Hall–Kier alpha value is -4.10. The van der Waals surface area contributed by atoms with E-state index < -0.39 is 0 Å². The van der Waals surface area contributed by atoms with Crippen LogP contribution < -0.4 is 18.1 Å². The monoisotopic (exact) mass is 646 g/mol. The van der Waals surface area contributed by atoms with Crippen LogP contribution in [-0.2, 0) is 0 Å². The summed E-state index contributed by atoms with van der Waals surface area (Å²) in [6, 6.07) is 37.7. The quantitative estimate of drug-likeness (QED) is 0.131. The van der Waals surface area contributed by atoms with Crippen molar-refractivity contribution in [3.8, 4) is 34.1 Å². The molecule has 0 N–H and O–H groups in total. The molecule has 4 nitrogen and oxygen atoms in total. The number of aryl methyl sites for hydroxylation is 2. The van der Waals surface area contributed by atoms with Gasteiger partial charge in [-0.25, -0.2) is 0 Å². The molecule has 2 atom stereocenters. The largest absolute Gasteiger partial charge is 0.440 e. The van der Waals surface area contributed by atoms with Gasteiger partial charge in [0.1, 0.15) is 23.0 Å². The van der Waals surface area contributed by atoms with Crippen molar-refractivity contribution in [1.82, 2.24) is 0 Å². The van der Waals surface area contributed by atoms with Gasteiger partial charge in [-0.15, -0.1) is 0 Å². The predicted octanol–water partition coefficient (Wildman–Crippen LogP) is 12.5. The fourth-order valence-electron chi connectivity index (χ4n) is 6.01. The minimum absolute atomic E-state index is 0.230. The highest BCUT2D eigenvalue weighted by Gasteiger charge is 2.23. The predicted molar refractivity (Wildman–Crippen MR) is 197 cm³/mol. The zero-order valence-electron chi connectivity index (χ0n) is 27.2. The van der Waals surface area contributed by atoms with Crippen LogP contribution in [0, 0.1) is 13.8 Å². The molecule has 0 aliphatic carbocycles. The van der Waals surface area contributed by atoms with Crippen molar-refractivity contribution in [2.75, 3.05) is 0 Å². The summed E-state index contributed by atoms with van der Waals surface area (Å²) in [5.74, 6) is 3.95. The summed E-state index contributed by atoms with van der Waals surface area (Å²) in [6.45, 7) is 12.9. The average molecular weight is 647 g/mol. The summed E-state index contributed by atoms with van der Waals surface area (Å²) >= 11 is 0. The molecule has 2 unspecified atom stereocenters. The Morgan fingerprint density at radius 1 is 0.457 bits per heavy atom. The van der Waals surface area contributed by atoms with Crippen molar-refractivity contribution in [3.05, 3.63) is 131 Å². The minimum atomic E-state index is -0.230. The molecule has 0 fully saturated rings. The van der Waals surface area contributed by atoms with Gasteiger partial charge in [0.25, 0.3) is 18.1 Å². The second-order valence-electron chi connectivity index (χ2n) is 12.2. The molecule has 6 aromatic carbocycles. The maximum absolute atomic E-state index is 6.65. The van der Waals surface area contributed by atoms with E-state index >= 15 is 0 Å². The minimum Gasteiger partial charge on any atom is -0.440 e. The first-order valence-corrected chi connectivity index (χ1v) is 17.4. The zero-order chi connectivity index (χ0) is 32.2. The lowest BCUT2D eigenvalue weighted by atomic mass is 9.89. The van der Waals surface area contributed by atoms with Gasteiger partial charge >= 0.3 is 0 Å². The second-order valence-corrected chi connectivity index (χ2v) is 13.3. The maximum atomic E-state index is 6.65. The van der Waals surface area contributed by atoms with Gasteiger partial charge in [-0.05, 0) is 93.7 Å². The number of hydrogen-bond acceptors (Lipinski definition) is 4. The molecule has 0 spiro atoms. The highest BCUT2D eigenvalue weighted by molar-refractivity contribution is 7.27. The third kappa shape index (κ3) is 6.57. The Morgan fingerprint density at radius 3 is 1.24 bits per heavy atom. The fraction of sp³-hybridized carbons (Fsp3) is 0.200. The van der Waals surface area contributed by atoms with Crippen LogP contribution in [0.2, 0.25) is 0 Å². The Labute approximate surface area is 276 Å². The van der Waals surface area contributed by atoms with Crippen LogP contribution in [0.5, 0.6) is 23.0 Å². The van der Waals surface area contributed by atoms with Gasteiger partial charge in [-0.2, -0.15) is 0 Å². The lowest BCUT2D eigenvalue weighted by molar-refractivity contribution is 0.505. The van der Waals surface area contributed by atoms with E-state index in [1.807, 2.05) is 36.4 Å². The summed E-state index contributed by atoms with van der Waals surface area (Å²) in [5, 5.41) is 4.45. The molecule has 0 aromatic heterocycles. The topological polar surface area (TPSA) is 36.9 Å². The molecule has 6 heteroatoms. The Balaban J connectivity index is 1.46. The Bertz CT molecular complexity index is 1860. The number of hydrogen-bond donors (Lipinski definition) is 0. The van der Waals surface area contributed by atoms with E-state index in [0.717, 1.165) is 77.9 Å². The van der Waals surface area contributed by atoms with Crippen LogP contribution >= 0.6 is 18.1 Å². The molecular weight excluding hydrogens is 606 g/mol. The molecule has 46 heavy (non-hydrogen) atoms. The molecule has 0 saturated carbocycles.